The molecule has 0 aliphatic carbocycles. The summed E-state index contributed by atoms with van der Waals surface area (Å²) in [5.41, 5.74) is 1.84. The molecule has 0 spiro atoms. The molecule has 1 N–H and O–H groups in total. The molecule has 0 atom stereocenters. The van der Waals surface area contributed by atoms with E-state index in [4.69, 9.17) is 21.1 Å². The molecule has 134 valence electrons. The smallest absolute Gasteiger partial charge is 0.234 e. The van der Waals surface area contributed by atoms with Crippen LogP contribution in [0.25, 0.3) is 0 Å². The maximum Gasteiger partial charge on any atom is 0.234 e. The summed E-state index contributed by atoms with van der Waals surface area (Å²) in [4.78, 5) is 12.1. The zero-order chi connectivity index (χ0) is 18.1. The first-order chi connectivity index (χ1) is 12.1. The molecular formula is C19H22ClNO3S. The second-order valence-corrected chi connectivity index (χ2v) is 6.62. The van der Waals surface area contributed by atoms with Crippen molar-refractivity contribution >= 4 is 35.0 Å². The molecule has 1 amide bonds. The molecule has 0 heterocycles. The quantitative estimate of drug-likeness (QED) is 0.665. The fourth-order valence-electron chi connectivity index (χ4n) is 2.17. The first kappa shape index (κ1) is 19.5. The van der Waals surface area contributed by atoms with E-state index in [2.05, 4.69) is 5.32 Å². The Hall–Kier alpha value is -1.85. The Kier molecular flexibility index (Phi) is 7.95. The van der Waals surface area contributed by atoms with Crippen LogP contribution in [0.15, 0.2) is 42.5 Å². The molecule has 4 nitrogen and oxygen atoms in total. The summed E-state index contributed by atoms with van der Waals surface area (Å²) in [7, 11) is 0. The third-order valence-corrected chi connectivity index (χ3v) is 4.50. The summed E-state index contributed by atoms with van der Waals surface area (Å²) in [5, 5.41) is 3.60. The van der Waals surface area contributed by atoms with E-state index in [0.29, 0.717) is 41.2 Å². The van der Waals surface area contributed by atoms with Crippen LogP contribution in [0.4, 0.5) is 5.69 Å². The molecule has 0 saturated carbocycles. The molecular weight excluding hydrogens is 358 g/mol. The van der Waals surface area contributed by atoms with Crippen molar-refractivity contribution < 1.29 is 14.3 Å². The number of benzene rings is 2. The van der Waals surface area contributed by atoms with Crippen molar-refractivity contribution in [3.8, 4) is 11.5 Å². The second-order valence-electron chi connectivity index (χ2n) is 5.19. The Morgan fingerprint density at radius 3 is 2.40 bits per heavy atom. The molecule has 0 aromatic heterocycles. The van der Waals surface area contributed by atoms with Crippen molar-refractivity contribution in [1.29, 1.82) is 0 Å². The second kappa shape index (κ2) is 10.2. The number of anilines is 1. The van der Waals surface area contributed by atoms with Crippen LogP contribution >= 0.6 is 23.4 Å². The number of carbonyl (C=O) groups excluding carboxylic acids is 1. The predicted molar refractivity (Wildman–Crippen MR) is 105 cm³/mol. The lowest BCUT2D eigenvalue weighted by atomic mass is 10.2. The zero-order valence-electron chi connectivity index (χ0n) is 14.4. The SMILES string of the molecule is CCOc1ccc(NC(=O)CSCc2ccc(Cl)cc2)cc1OCC. The largest absolute Gasteiger partial charge is 0.490 e. The molecule has 2 aromatic rings. The van der Waals surface area contributed by atoms with Gasteiger partial charge < -0.3 is 14.8 Å². The average molecular weight is 380 g/mol. The monoisotopic (exact) mass is 379 g/mol. The van der Waals surface area contributed by atoms with Gasteiger partial charge in [0.05, 0.1) is 19.0 Å². The van der Waals surface area contributed by atoms with Crippen LogP contribution in [0.2, 0.25) is 5.02 Å². The van der Waals surface area contributed by atoms with Crippen molar-refractivity contribution in [2.24, 2.45) is 0 Å². The van der Waals surface area contributed by atoms with Crippen molar-refractivity contribution in [3.05, 3.63) is 53.1 Å². The number of ether oxygens (including phenoxy) is 2. The standard InChI is InChI=1S/C19H22ClNO3S/c1-3-23-17-10-9-16(11-18(17)24-4-2)21-19(22)13-25-12-14-5-7-15(20)8-6-14/h5-11H,3-4,12-13H2,1-2H3,(H,21,22). The Morgan fingerprint density at radius 2 is 1.72 bits per heavy atom. The summed E-state index contributed by atoms with van der Waals surface area (Å²) in [6.07, 6.45) is 0. The number of hydrogen-bond acceptors (Lipinski definition) is 4. The molecule has 6 heteroatoms. The van der Waals surface area contributed by atoms with Crippen LogP contribution in [0.3, 0.4) is 0 Å². The fraction of sp³-hybridized carbons (Fsp3) is 0.316. The highest BCUT2D eigenvalue weighted by molar-refractivity contribution is 7.99. The average Bonchev–Trinajstić information content (AvgIpc) is 2.59. The van der Waals surface area contributed by atoms with Gasteiger partial charge in [-0.1, -0.05) is 23.7 Å². The van der Waals surface area contributed by atoms with Crippen LogP contribution in [-0.2, 0) is 10.5 Å². The lowest BCUT2D eigenvalue weighted by Crippen LogP contribution is -2.14. The summed E-state index contributed by atoms with van der Waals surface area (Å²) < 4.78 is 11.1. The Morgan fingerprint density at radius 1 is 1.04 bits per heavy atom. The number of rotatable bonds is 9. The normalized spacial score (nSPS) is 10.4. The van der Waals surface area contributed by atoms with E-state index >= 15 is 0 Å². The summed E-state index contributed by atoms with van der Waals surface area (Å²) in [5.74, 6) is 2.40. The van der Waals surface area contributed by atoms with Gasteiger partial charge in [0.15, 0.2) is 11.5 Å². The topological polar surface area (TPSA) is 47.6 Å². The van der Waals surface area contributed by atoms with Gasteiger partial charge in [0.25, 0.3) is 0 Å². The molecule has 0 aliphatic heterocycles. The lowest BCUT2D eigenvalue weighted by molar-refractivity contribution is -0.113. The van der Waals surface area contributed by atoms with E-state index in [1.807, 2.05) is 50.2 Å². The molecule has 0 bridgehead atoms. The van der Waals surface area contributed by atoms with Crippen molar-refractivity contribution in [2.45, 2.75) is 19.6 Å². The number of hydrogen-bond donors (Lipinski definition) is 1. The summed E-state index contributed by atoms with van der Waals surface area (Å²) >= 11 is 7.42. The van der Waals surface area contributed by atoms with Gasteiger partial charge in [-0.05, 0) is 43.7 Å². The number of nitrogens with one attached hydrogen (secondary N) is 1. The van der Waals surface area contributed by atoms with Crippen LogP contribution < -0.4 is 14.8 Å². The molecule has 25 heavy (non-hydrogen) atoms. The minimum Gasteiger partial charge on any atom is -0.490 e. The fourth-order valence-corrected chi connectivity index (χ4v) is 3.08. The van der Waals surface area contributed by atoms with E-state index in [-0.39, 0.29) is 5.91 Å². The molecule has 0 saturated heterocycles. The number of thioether (sulfide) groups is 1. The Bertz CT molecular complexity index is 692. The van der Waals surface area contributed by atoms with Gasteiger partial charge in [0.2, 0.25) is 5.91 Å². The van der Waals surface area contributed by atoms with Crippen molar-refractivity contribution in [1.82, 2.24) is 0 Å². The van der Waals surface area contributed by atoms with Crippen LogP contribution in [-0.4, -0.2) is 24.9 Å². The maximum atomic E-state index is 12.1. The first-order valence-corrected chi connectivity index (χ1v) is 9.67. The highest BCUT2D eigenvalue weighted by atomic mass is 35.5. The first-order valence-electron chi connectivity index (χ1n) is 8.14. The van der Waals surface area contributed by atoms with Gasteiger partial charge in [-0.2, -0.15) is 0 Å². The predicted octanol–water partition coefficient (Wildman–Crippen LogP) is 5.01. The molecule has 0 fully saturated rings. The van der Waals surface area contributed by atoms with Crippen LogP contribution in [0, 0.1) is 0 Å². The summed E-state index contributed by atoms with van der Waals surface area (Å²) in [6.45, 7) is 4.93. The molecule has 0 aliphatic rings. The van der Waals surface area contributed by atoms with Crippen LogP contribution in [0.1, 0.15) is 19.4 Å². The number of carbonyl (C=O) groups is 1. The van der Waals surface area contributed by atoms with E-state index in [1.165, 1.54) is 0 Å². The zero-order valence-corrected chi connectivity index (χ0v) is 16.0. The highest BCUT2D eigenvalue weighted by Gasteiger charge is 2.09. The van der Waals surface area contributed by atoms with Crippen molar-refractivity contribution in [2.75, 3.05) is 24.3 Å². The van der Waals surface area contributed by atoms with Crippen molar-refractivity contribution in [3.63, 3.8) is 0 Å². The molecule has 0 unspecified atom stereocenters. The van der Waals surface area contributed by atoms with Gasteiger partial charge in [-0.25, -0.2) is 0 Å². The third-order valence-electron chi connectivity index (χ3n) is 3.24. The Labute approximate surface area is 157 Å². The van der Waals surface area contributed by atoms with E-state index in [1.54, 1.807) is 17.8 Å². The van der Waals surface area contributed by atoms with E-state index in [9.17, 15) is 4.79 Å². The summed E-state index contributed by atoms with van der Waals surface area (Å²) in [6, 6.07) is 13.1. The highest BCUT2D eigenvalue weighted by Crippen LogP contribution is 2.30. The maximum absolute atomic E-state index is 12.1. The number of amides is 1. The van der Waals surface area contributed by atoms with Gasteiger partial charge >= 0.3 is 0 Å². The van der Waals surface area contributed by atoms with E-state index < -0.39 is 0 Å². The Balaban J connectivity index is 1.86. The van der Waals surface area contributed by atoms with Gasteiger partial charge in [0.1, 0.15) is 0 Å². The van der Waals surface area contributed by atoms with Gasteiger partial charge in [-0.3, -0.25) is 4.79 Å². The van der Waals surface area contributed by atoms with Gasteiger partial charge in [0, 0.05) is 22.5 Å². The molecule has 2 rings (SSSR count). The molecule has 0 radical (unpaired) electrons. The lowest BCUT2D eigenvalue weighted by Gasteiger charge is -2.13. The van der Waals surface area contributed by atoms with Crippen LogP contribution in [0.5, 0.6) is 11.5 Å². The number of halogens is 1. The third kappa shape index (κ3) is 6.52. The minimum absolute atomic E-state index is 0.0504. The van der Waals surface area contributed by atoms with E-state index in [0.717, 1.165) is 11.3 Å². The van der Waals surface area contributed by atoms with Gasteiger partial charge in [-0.15, -0.1) is 11.8 Å². The molecule has 2 aromatic carbocycles. The minimum atomic E-state index is -0.0504.